The van der Waals surface area contributed by atoms with Crippen LogP contribution >= 0.6 is 31.9 Å². The number of fused-ring (bicyclic) bond motifs is 2. The van der Waals surface area contributed by atoms with Crippen LogP contribution in [0.2, 0.25) is 0 Å². The highest BCUT2D eigenvalue weighted by molar-refractivity contribution is 9.10. The summed E-state index contributed by atoms with van der Waals surface area (Å²) in [7, 11) is 1.41. The topological polar surface area (TPSA) is 80.0 Å². The van der Waals surface area contributed by atoms with E-state index in [9.17, 15) is 19.1 Å². The maximum atomic E-state index is 13.6. The molecule has 34 heavy (non-hydrogen) atoms. The summed E-state index contributed by atoms with van der Waals surface area (Å²) in [5, 5.41) is 10.6. The summed E-state index contributed by atoms with van der Waals surface area (Å²) in [6, 6.07) is 13.2. The van der Waals surface area contributed by atoms with E-state index in [0.29, 0.717) is 31.0 Å². The van der Waals surface area contributed by atoms with Crippen molar-refractivity contribution in [2.24, 2.45) is 0 Å². The molecule has 0 aliphatic carbocycles. The first-order chi connectivity index (χ1) is 16.3. The van der Waals surface area contributed by atoms with Gasteiger partial charge in [-0.05, 0) is 69.5 Å². The number of hydrogen-bond donors (Lipinski definition) is 1. The van der Waals surface area contributed by atoms with Crippen molar-refractivity contribution in [3.8, 4) is 11.5 Å². The number of carbonyl (C=O) groups is 1. The van der Waals surface area contributed by atoms with Crippen molar-refractivity contribution in [2.45, 2.75) is 12.6 Å². The fourth-order valence-electron chi connectivity index (χ4n) is 4.20. The second-order valence-electron chi connectivity index (χ2n) is 7.83. The largest absolute Gasteiger partial charge is 0.503 e. The Labute approximate surface area is 209 Å². The number of phenolic OH excluding ortho intramolecular Hbond substituents is 1. The number of hydrogen-bond acceptors (Lipinski definition) is 5. The van der Waals surface area contributed by atoms with Crippen molar-refractivity contribution < 1.29 is 23.4 Å². The van der Waals surface area contributed by atoms with Crippen molar-refractivity contribution in [1.82, 2.24) is 4.90 Å². The summed E-state index contributed by atoms with van der Waals surface area (Å²) >= 11 is 6.70. The lowest BCUT2D eigenvalue weighted by Gasteiger charge is -2.26. The molecule has 9 heteroatoms. The SMILES string of the molecule is COc1cc([C@@H]2c3c(oc4ccc(Br)cc4c3=O)C(=O)N2Cc2ccc(F)cc2)cc(Br)c1O. The molecule has 1 atom stereocenters. The highest BCUT2D eigenvalue weighted by Gasteiger charge is 2.43. The first kappa shape index (κ1) is 22.6. The lowest BCUT2D eigenvalue weighted by molar-refractivity contribution is 0.0714. The quantitative estimate of drug-likeness (QED) is 0.320. The van der Waals surface area contributed by atoms with Crippen molar-refractivity contribution >= 4 is 48.7 Å². The lowest BCUT2D eigenvalue weighted by Crippen LogP contribution is -2.29. The van der Waals surface area contributed by atoms with Gasteiger partial charge in [0, 0.05) is 11.0 Å². The molecule has 0 fully saturated rings. The van der Waals surface area contributed by atoms with E-state index < -0.39 is 17.8 Å². The summed E-state index contributed by atoms with van der Waals surface area (Å²) in [4.78, 5) is 28.7. The fraction of sp³-hybridized carbons (Fsp3) is 0.120. The van der Waals surface area contributed by atoms with E-state index in [2.05, 4.69) is 31.9 Å². The second kappa shape index (κ2) is 8.56. The summed E-state index contributed by atoms with van der Waals surface area (Å²) in [5.41, 5.74) is 1.37. The number of carbonyl (C=O) groups excluding carboxylic acids is 1. The van der Waals surface area contributed by atoms with E-state index in [1.165, 1.54) is 24.1 Å². The molecule has 1 aliphatic rings. The van der Waals surface area contributed by atoms with Gasteiger partial charge in [-0.2, -0.15) is 0 Å². The van der Waals surface area contributed by atoms with Gasteiger partial charge in [-0.25, -0.2) is 4.39 Å². The van der Waals surface area contributed by atoms with Gasteiger partial charge in [-0.15, -0.1) is 0 Å². The summed E-state index contributed by atoms with van der Waals surface area (Å²) < 4.78 is 25.7. The average Bonchev–Trinajstić information content (AvgIpc) is 3.09. The number of benzene rings is 3. The van der Waals surface area contributed by atoms with Crippen molar-refractivity contribution in [2.75, 3.05) is 7.11 Å². The van der Waals surface area contributed by atoms with E-state index in [-0.39, 0.29) is 34.8 Å². The van der Waals surface area contributed by atoms with E-state index in [0.717, 1.165) is 0 Å². The Morgan fingerprint density at radius 1 is 1.09 bits per heavy atom. The molecule has 0 saturated heterocycles. The Balaban J connectivity index is 1.76. The Bertz CT molecular complexity index is 1520. The Morgan fingerprint density at radius 3 is 2.53 bits per heavy atom. The maximum Gasteiger partial charge on any atom is 0.291 e. The predicted octanol–water partition coefficient (Wildman–Crippen LogP) is 5.92. The monoisotopic (exact) mass is 587 g/mol. The first-order valence-electron chi connectivity index (χ1n) is 10.2. The molecule has 0 saturated carbocycles. The fourth-order valence-corrected chi connectivity index (χ4v) is 5.02. The molecule has 6 nitrogen and oxygen atoms in total. The molecule has 0 radical (unpaired) electrons. The van der Waals surface area contributed by atoms with Crippen LogP contribution in [0.1, 0.15) is 33.3 Å². The molecule has 4 aromatic rings. The normalized spacial score (nSPS) is 15.1. The predicted molar refractivity (Wildman–Crippen MR) is 131 cm³/mol. The van der Waals surface area contributed by atoms with Gasteiger partial charge < -0.3 is 19.2 Å². The van der Waals surface area contributed by atoms with Crippen LogP contribution in [0.5, 0.6) is 11.5 Å². The third-order valence-corrected chi connectivity index (χ3v) is 6.88. The number of methoxy groups -OCH3 is 1. The molecular weight excluding hydrogens is 573 g/mol. The van der Waals surface area contributed by atoms with Crippen LogP contribution in [0.4, 0.5) is 4.39 Å². The Kier molecular flexibility index (Phi) is 5.69. The number of nitrogens with zero attached hydrogens (tertiary/aromatic N) is 1. The van der Waals surface area contributed by atoms with Gasteiger partial charge in [0.05, 0.1) is 28.6 Å². The zero-order chi connectivity index (χ0) is 24.1. The molecule has 1 aliphatic heterocycles. The Hall–Kier alpha value is -3.17. The van der Waals surface area contributed by atoms with Crippen LogP contribution in [0.3, 0.4) is 0 Å². The van der Waals surface area contributed by atoms with Crippen molar-refractivity contribution in [3.05, 3.63) is 102 Å². The third kappa shape index (κ3) is 3.69. The summed E-state index contributed by atoms with van der Waals surface area (Å²) in [6.45, 7) is 0.105. The average molecular weight is 589 g/mol. The number of phenols is 1. The standard InChI is InChI=1S/C25H16Br2FNO5/c1-33-19-9-13(8-17(27)23(19)31)21-20-22(30)16-10-14(26)4-7-18(16)34-24(20)25(32)29(21)11-12-2-5-15(28)6-3-12/h2-10,21,31H,11H2,1H3/t21-/m1/s1. The van der Waals surface area contributed by atoms with Crippen LogP contribution in [-0.4, -0.2) is 23.0 Å². The molecular formula is C25H16Br2FNO5. The molecule has 0 unspecified atom stereocenters. The van der Waals surface area contributed by atoms with Crippen molar-refractivity contribution in [3.63, 3.8) is 0 Å². The van der Waals surface area contributed by atoms with Gasteiger partial charge in [0.2, 0.25) is 5.76 Å². The molecule has 0 spiro atoms. The second-order valence-corrected chi connectivity index (χ2v) is 9.60. The summed E-state index contributed by atoms with van der Waals surface area (Å²) in [5.74, 6) is -0.822. The number of aromatic hydroxyl groups is 1. The molecule has 1 aromatic heterocycles. The molecule has 1 N–H and O–H groups in total. The lowest BCUT2D eigenvalue weighted by atomic mass is 9.97. The molecule has 172 valence electrons. The minimum absolute atomic E-state index is 0.0462. The van der Waals surface area contributed by atoms with Crippen LogP contribution in [0, 0.1) is 5.82 Å². The van der Waals surface area contributed by atoms with E-state index in [1.807, 2.05) is 0 Å². The zero-order valence-electron chi connectivity index (χ0n) is 17.6. The number of amides is 1. The highest BCUT2D eigenvalue weighted by atomic mass is 79.9. The number of halogens is 3. The van der Waals surface area contributed by atoms with Gasteiger partial charge in [0.25, 0.3) is 5.91 Å². The van der Waals surface area contributed by atoms with Crippen LogP contribution in [0.25, 0.3) is 11.0 Å². The van der Waals surface area contributed by atoms with Gasteiger partial charge >= 0.3 is 0 Å². The third-order valence-electron chi connectivity index (χ3n) is 5.78. The molecule has 2 heterocycles. The highest BCUT2D eigenvalue weighted by Crippen LogP contribution is 2.44. The molecule has 5 rings (SSSR count). The molecule has 1 amide bonds. The molecule has 0 bridgehead atoms. The van der Waals surface area contributed by atoms with Gasteiger partial charge in [-0.3, -0.25) is 9.59 Å². The summed E-state index contributed by atoms with van der Waals surface area (Å²) in [6.07, 6.45) is 0. The van der Waals surface area contributed by atoms with Crippen LogP contribution < -0.4 is 10.2 Å². The van der Waals surface area contributed by atoms with Crippen LogP contribution in [0.15, 0.2) is 72.8 Å². The van der Waals surface area contributed by atoms with Crippen molar-refractivity contribution in [1.29, 1.82) is 0 Å². The minimum Gasteiger partial charge on any atom is -0.503 e. The number of ether oxygens (including phenoxy) is 1. The van der Waals surface area contributed by atoms with E-state index in [4.69, 9.17) is 9.15 Å². The first-order valence-corrected chi connectivity index (χ1v) is 11.7. The van der Waals surface area contributed by atoms with Crippen LogP contribution in [-0.2, 0) is 6.54 Å². The van der Waals surface area contributed by atoms with E-state index in [1.54, 1.807) is 42.5 Å². The number of rotatable bonds is 4. The van der Waals surface area contributed by atoms with Gasteiger partial charge in [-0.1, -0.05) is 28.1 Å². The minimum atomic E-state index is -0.821. The smallest absolute Gasteiger partial charge is 0.291 e. The maximum absolute atomic E-state index is 13.6. The van der Waals surface area contributed by atoms with Gasteiger partial charge in [0.1, 0.15) is 11.4 Å². The molecule has 3 aromatic carbocycles. The zero-order valence-corrected chi connectivity index (χ0v) is 20.8. The van der Waals surface area contributed by atoms with E-state index >= 15 is 0 Å². The Morgan fingerprint density at radius 2 is 1.82 bits per heavy atom. The van der Waals surface area contributed by atoms with Gasteiger partial charge in [0.15, 0.2) is 16.9 Å².